The molecule has 1 N–H and O–H groups in total. The molecule has 1 aromatic rings. The van der Waals surface area contributed by atoms with Gasteiger partial charge in [0.2, 0.25) is 0 Å². The van der Waals surface area contributed by atoms with Crippen molar-refractivity contribution in [2.75, 3.05) is 19.0 Å². The van der Waals surface area contributed by atoms with Gasteiger partial charge in [0, 0.05) is 7.11 Å². The Balaban J connectivity index is 2.86. The van der Waals surface area contributed by atoms with Gasteiger partial charge in [-0.05, 0) is 6.42 Å². The normalized spacial score (nSPS) is 12.2. The van der Waals surface area contributed by atoms with Gasteiger partial charge in [0.1, 0.15) is 17.3 Å². The predicted molar refractivity (Wildman–Crippen MR) is 62.0 cm³/mol. The van der Waals surface area contributed by atoms with E-state index in [-0.39, 0.29) is 16.8 Å². The number of methoxy groups -OCH3 is 1. The van der Waals surface area contributed by atoms with Crippen LogP contribution < -0.4 is 5.32 Å². The molecule has 5 nitrogen and oxygen atoms in total. The zero-order chi connectivity index (χ0) is 12.0. The minimum Gasteiger partial charge on any atom is -0.383 e. The molecule has 0 aromatic carbocycles. The summed E-state index contributed by atoms with van der Waals surface area (Å²) in [5.41, 5.74) is 0.277. The molecule has 0 aliphatic heterocycles. The van der Waals surface area contributed by atoms with Crippen molar-refractivity contribution in [3.8, 4) is 0 Å². The average Bonchev–Trinajstić information content (AvgIpc) is 2.28. The molecule has 1 atom stereocenters. The van der Waals surface area contributed by atoms with E-state index >= 15 is 0 Å². The van der Waals surface area contributed by atoms with Crippen molar-refractivity contribution in [3.63, 3.8) is 0 Å². The Morgan fingerprint density at radius 3 is 2.94 bits per heavy atom. The Morgan fingerprint density at radius 2 is 2.38 bits per heavy atom. The van der Waals surface area contributed by atoms with E-state index in [1.165, 1.54) is 6.33 Å². The first-order chi connectivity index (χ1) is 7.72. The van der Waals surface area contributed by atoms with Crippen LogP contribution in [0.4, 0.5) is 5.82 Å². The highest BCUT2D eigenvalue weighted by molar-refractivity contribution is 6.32. The SMILES string of the molecule is CCC(COC)Nc1ncnc(Cl)c1C=O. The monoisotopic (exact) mass is 243 g/mol. The molecule has 0 aliphatic rings. The molecule has 0 radical (unpaired) electrons. The zero-order valence-electron chi connectivity index (χ0n) is 9.24. The van der Waals surface area contributed by atoms with E-state index in [0.717, 1.165) is 6.42 Å². The number of hydrogen-bond donors (Lipinski definition) is 1. The Morgan fingerprint density at radius 1 is 1.62 bits per heavy atom. The second kappa shape index (κ2) is 6.40. The Hall–Kier alpha value is -1.20. The highest BCUT2D eigenvalue weighted by atomic mass is 35.5. The van der Waals surface area contributed by atoms with Crippen LogP contribution in [0, 0.1) is 0 Å². The maximum atomic E-state index is 10.8. The van der Waals surface area contributed by atoms with E-state index in [1.54, 1.807) is 7.11 Å². The second-order valence-corrected chi connectivity index (χ2v) is 3.61. The number of nitrogens with one attached hydrogen (secondary N) is 1. The molecule has 1 aromatic heterocycles. The van der Waals surface area contributed by atoms with Crippen LogP contribution in [0.1, 0.15) is 23.7 Å². The summed E-state index contributed by atoms with van der Waals surface area (Å²) in [4.78, 5) is 18.6. The van der Waals surface area contributed by atoms with Gasteiger partial charge >= 0.3 is 0 Å². The molecule has 0 spiro atoms. The highest BCUT2D eigenvalue weighted by Crippen LogP contribution is 2.18. The molecule has 0 saturated carbocycles. The average molecular weight is 244 g/mol. The fourth-order valence-corrected chi connectivity index (χ4v) is 1.43. The van der Waals surface area contributed by atoms with Crippen LogP contribution in [-0.4, -0.2) is 36.0 Å². The van der Waals surface area contributed by atoms with Crippen LogP contribution in [0.15, 0.2) is 6.33 Å². The summed E-state index contributed by atoms with van der Waals surface area (Å²) in [5.74, 6) is 0.443. The standard InChI is InChI=1S/C10H14ClN3O2/c1-3-7(5-16-2)14-10-8(4-15)9(11)12-6-13-10/h4,6-7H,3,5H2,1-2H3,(H,12,13,14). The van der Waals surface area contributed by atoms with Gasteiger partial charge in [-0.2, -0.15) is 0 Å². The van der Waals surface area contributed by atoms with Gasteiger partial charge in [0.25, 0.3) is 0 Å². The molecule has 1 heterocycles. The minimum absolute atomic E-state index is 0.0923. The summed E-state index contributed by atoms with van der Waals surface area (Å²) in [5, 5.41) is 3.25. The fraction of sp³-hybridized carbons (Fsp3) is 0.500. The molecule has 1 unspecified atom stereocenters. The molecule has 0 saturated heterocycles. The number of anilines is 1. The Bertz CT molecular complexity index is 360. The molecule has 0 amide bonds. The second-order valence-electron chi connectivity index (χ2n) is 3.25. The van der Waals surface area contributed by atoms with E-state index in [2.05, 4.69) is 15.3 Å². The van der Waals surface area contributed by atoms with E-state index in [4.69, 9.17) is 16.3 Å². The first-order valence-corrected chi connectivity index (χ1v) is 5.31. The van der Waals surface area contributed by atoms with Crippen molar-refractivity contribution >= 4 is 23.7 Å². The summed E-state index contributed by atoms with van der Waals surface area (Å²) in [6.45, 7) is 2.55. The number of aromatic nitrogens is 2. The lowest BCUT2D eigenvalue weighted by atomic mass is 10.2. The number of aldehydes is 1. The van der Waals surface area contributed by atoms with E-state index in [0.29, 0.717) is 18.7 Å². The maximum Gasteiger partial charge on any atom is 0.156 e. The number of carbonyl (C=O) groups excluding carboxylic acids is 1. The summed E-state index contributed by atoms with van der Waals surface area (Å²) in [6.07, 6.45) is 2.81. The molecule has 0 bridgehead atoms. The Labute approximate surface area is 99.2 Å². The number of hydrogen-bond acceptors (Lipinski definition) is 5. The van der Waals surface area contributed by atoms with E-state index < -0.39 is 0 Å². The molecule has 0 aliphatic carbocycles. The minimum atomic E-state index is 0.0923. The fourth-order valence-electron chi connectivity index (χ4n) is 1.25. The molecular weight excluding hydrogens is 230 g/mol. The van der Waals surface area contributed by atoms with Crippen LogP contribution in [-0.2, 0) is 4.74 Å². The molecular formula is C10H14ClN3O2. The Kier molecular flexibility index (Phi) is 5.14. The number of nitrogens with zero attached hydrogens (tertiary/aromatic N) is 2. The summed E-state index contributed by atoms with van der Waals surface area (Å²) < 4.78 is 5.04. The van der Waals surface area contributed by atoms with Crippen LogP contribution in [0.2, 0.25) is 5.15 Å². The van der Waals surface area contributed by atoms with E-state index in [1.807, 2.05) is 6.92 Å². The third-order valence-electron chi connectivity index (χ3n) is 2.15. The van der Waals surface area contributed by atoms with Gasteiger partial charge < -0.3 is 10.1 Å². The molecule has 6 heteroatoms. The van der Waals surface area contributed by atoms with Crippen molar-refractivity contribution in [2.45, 2.75) is 19.4 Å². The zero-order valence-corrected chi connectivity index (χ0v) is 9.99. The van der Waals surface area contributed by atoms with Gasteiger partial charge in [-0.15, -0.1) is 0 Å². The smallest absolute Gasteiger partial charge is 0.156 e. The van der Waals surface area contributed by atoms with Crippen LogP contribution in [0.5, 0.6) is 0 Å². The lowest BCUT2D eigenvalue weighted by Crippen LogP contribution is -2.25. The van der Waals surface area contributed by atoms with Gasteiger partial charge in [-0.1, -0.05) is 18.5 Å². The molecule has 0 fully saturated rings. The number of ether oxygens (including phenoxy) is 1. The lowest BCUT2D eigenvalue weighted by molar-refractivity contribution is 0.112. The van der Waals surface area contributed by atoms with Gasteiger partial charge in [0.05, 0.1) is 18.2 Å². The van der Waals surface area contributed by atoms with Crippen molar-refractivity contribution in [1.29, 1.82) is 0 Å². The number of rotatable bonds is 6. The highest BCUT2D eigenvalue weighted by Gasteiger charge is 2.12. The summed E-state index contributed by atoms with van der Waals surface area (Å²) in [6, 6.07) is 0.0923. The van der Waals surface area contributed by atoms with Crippen molar-refractivity contribution in [2.24, 2.45) is 0 Å². The van der Waals surface area contributed by atoms with Gasteiger partial charge in [-0.25, -0.2) is 9.97 Å². The summed E-state index contributed by atoms with van der Waals surface area (Å²) in [7, 11) is 1.62. The van der Waals surface area contributed by atoms with Crippen LogP contribution in [0.3, 0.4) is 0 Å². The quantitative estimate of drug-likeness (QED) is 0.610. The number of carbonyl (C=O) groups is 1. The van der Waals surface area contributed by atoms with Crippen LogP contribution in [0.25, 0.3) is 0 Å². The summed E-state index contributed by atoms with van der Waals surface area (Å²) >= 11 is 5.78. The molecule has 16 heavy (non-hydrogen) atoms. The first kappa shape index (κ1) is 12.9. The molecule has 88 valence electrons. The van der Waals surface area contributed by atoms with Gasteiger partial charge in [0.15, 0.2) is 6.29 Å². The van der Waals surface area contributed by atoms with Crippen molar-refractivity contribution in [1.82, 2.24) is 9.97 Å². The largest absolute Gasteiger partial charge is 0.383 e. The predicted octanol–water partition coefficient (Wildman–Crippen LogP) is 1.78. The van der Waals surface area contributed by atoms with E-state index in [9.17, 15) is 4.79 Å². The van der Waals surface area contributed by atoms with Crippen LogP contribution >= 0.6 is 11.6 Å². The topological polar surface area (TPSA) is 64.1 Å². The third-order valence-corrected chi connectivity index (χ3v) is 2.46. The first-order valence-electron chi connectivity index (χ1n) is 4.94. The number of halogens is 1. The van der Waals surface area contributed by atoms with Crippen molar-refractivity contribution in [3.05, 3.63) is 17.0 Å². The maximum absolute atomic E-state index is 10.8. The van der Waals surface area contributed by atoms with Crippen molar-refractivity contribution < 1.29 is 9.53 Å². The van der Waals surface area contributed by atoms with Gasteiger partial charge in [-0.3, -0.25) is 4.79 Å². The third kappa shape index (κ3) is 3.15. The molecule has 1 rings (SSSR count). The lowest BCUT2D eigenvalue weighted by Gasteiger charge is -2.17.